The van der Waals surface area contributed by atoms with Crippen molar-refractivity contribution in [1.82, 2.24) is 0 Å². The van der Waals surface area contributed by atoms with Crippen LogP contribution in [0.4, 0.5) is 11.4 Å². The van der Waals surface area contributed by atoms with Gasteiger partial charge in [-0.1, -0.05) is 25.5 Å². The molecule has 1 aliphatic rings. The summed E-state index contributed by atoms with van der Waals surface area (Å²) < 4.78 is 0. The molecular weight excluding hydrogens is 192 g/mol. The molecule has 78 valence electrons. The van der Waals surface area contributed by atoms with Gasteiger partial charge in [0.05, 0.1) is 4.92 Å². The van der Waals surface area contributed by atoms with E-state index < -0.39 is 0 Å². The maximum atomic E-state index is 10.8. The molecule has 4 heteroatoms. The van der Waals surface area contributed by atoms with Gasteiger partial charge in [0.25, 0.3) is 5.69 Å². The highest BCUT2D eigenvalue weighted by Crippen LogP contribution is 2.40. The summed E-state index contributed by atoms with van der Waals surface area (Å²) in [6, 6.07) is 5.16. The highest BCUT2D eigenvalue weighted by molar-refractivity contribution is 5.84. The number of nitro benzene ring substituents is 1. The van der Waals surface area contributed by atoms with Crippen LogP contribution in [0.2, 0.25) is 0 Å². The van der Waals surface area contributed by atoms with E-state index in [1.807, 2.05) is 12.3 Å². The Morgan fingerprint density at radius 3 is 3.00 bits per heavy atom. The van der Waals surface area contributed by atoms with Gasteiger partial charge in [0.1, 0.15) is 5.69 Å². The number of fused-ring (bicyclic) bond motifs is 1. The summed E-state index contributed by atoms with van der Waals surface area (Å²) >= 11 is 0. The van der Waals surface area contributed by atoms with Crippen molar-refractivity contribution in [2.45, 2.75) is 25.7 Å². The first-order valence-electron chi connectivity index (χ1n) is 5.05. The van der Waals surface area contributed by atoms with Crippen molar-refractivity contribution >= 4 is 17.6 Å². The van der Waals surface area contributed by atoms with Crippen molar-refractivity contribution in [2.24, 2.45) is 4.99 Å². The Hall–Kier alpha value is -1.71. The van der Waals surface area contributed by atoms with Crippen LogP contribution in [-0.4, -0.2) is 11.1 Å². The van der Waals surface area contributed by atoms with E-state index in [2.05, 4.69) is 11.9 Å². The predicted octanol–water partition coefficient (Wildman–Crippen LogP) is 3.19. The fourth-order valence-electron chi connectivity index (χ4n) is 1.92. The lowest BCUT2D eigenvalue weighted by Crippen LogP contribution is -1.96. The highest BCUT2D eigenvalue weighted by atomic mass is 16.6. The van der Waals surface area contributed by atoms with Gasteiger partial charge in [0, 0.05) is 18.2 Å². The van der Waals surface area contributed by atoms with Gasteiger partial charge in [-0.25, -0.2) is 0 Å². The summed E-state index contributed by atoms with van der Waals surface area (Å²) in [6.07, 6.45) is 3.87. The van der Waals surface area contributed by atoms with Gasteiger partial charge in [-0.2, -0.15) is 0 Å². The van der Waals surface area contributed by atoms with E-state index in [-0.39, 0.29) is 16.5 Å². The Kier molecular flexibility index (Phi) is 2.49. The first-order chi connectivity index (χ1) is 7.24. The van der Waals surface area contributed by atoms with Crippen LogP contribution in [0.3, 0.4) is 0 Å². The quantitative estimate of drug-likeness (QED) is 0.560. The molecule has 1 atom stereocenters. The maximum absolute atomic E-state index is 10.8. The molecule has 1 aromatic carbocycles. The summed E-state index contributed by atoms with van der Waals surface area (Å²) in [4.78, 5) is 14.5. The number of para-hydroxylation sites is 1. The van der Waals surface area contributed by atoms with Crippen LogP contribution in [0.1, 0.15) is 31.2 Å². The zero-order chi connectivity index (χ0) is 10.8. The molecule has 15 heavy (non-hydrogen) atoms. The van der Waals surface area contributed by atoms with Crippen LogP contribution in [0.25, 0.3) is 0 Å². The lowest BCUT2D eigenvalue weighted by Gasteiger charge is -2.06. The molecule has 0 aromatic heterocycles. The lowest BCUT2D eigenvalue weighted by atomic mass is 9.96. The normalized spacial score (nSPS) is 17.8. The molecule has 4 nitrogen and oxygen atoms in total. The molecule has 1 unspecified atom stereocenters. The predicted molar refractivity (Wildman–Crippen MR) is 58.9 cm³/mol. The number of benzene rings is 1. The molecule has 0 spiro atoms. The third-order valence-electron chi connectivity index (χ3n) is 2.63. The van der Waals surface area contributed by atoms with Crippen LogP contribution < -0.4 is 0 Å². The Bertz CT molecular complexity index is 427. The molecule has 0 saturated carbocycles. The minimum absolute atomic E-state index is 0.113. The monoisotopic (exact) mass is 204 g/mol. The third-order valence-corrected chi connectivity index (χ3v) is 2.63. The summed E-state index contributed by atoms with van der Waals surface area (Å²) in [5, 5.41) is 10.8. The molecule has 0 aliphatic carbocycles. The largest absolute Gasteiger partial charge is 0.295 e. The number of hydrogen-bond donors (Lipinski definition) is 0. The first kappa shape index (κ1) is 9.83. The Morgan fingerprint density at radius 2 is 2.33 bits per heavy atom. The smallest absolute Gasteiger partial charge is 0.258 e. The third kappa shape index (κ3) is 1.63. The van der Waals surface area contributed by atoms with Gasteiger partial charge >= 0.3 is 0 Å². The van der Waals surface area contributed by atoms with E-state index in [1.165, 1.54) is 6.07 Å². The molecule has 0 bridgehead atoms. The van der Waals surface area contributed by atoms with Crippen molar-refractivity contribution in [3.8, 4) is 0 Å². The van der Waals surface area contributed by atoms with Crippen LogP contribution in [0.5, 0.6) is 0 Å². The molecule has 0 fully saturated rings. The zero-order valence-electron chi connectivity index (χ0n) is 8.51. The fourth-order valence-corrected chi connectivity index (χ4v) is 1.92. The zero-order valence-corrected chi connectivity index (χ0v) is 8.51. The van der Waals surface area contributed by atoms with E-state index in [9.17, 15) is 10.1 Å². The second-order valence-electron chi connectivity index (χ2n) is 3.65. The second kappa shape index (κ2) is 3.81. The summed E-state index contributed by atoms with van der Waals surface area (Å²) in [6.45, 7) is 2.10. The minimum Gasteiger partial charge on any atom is -0.258 e. The molecule has 0 N–H and O–H groups in total. The maximum Gasteiger partial charge on any atom is 0.295 e. The molecule has 0 saturated heterocycles. The van der Waals surface area contributed by atoms with Crippen molar-refractivity contribution in [3.63, 3.8) is 0 Å². The van der Waals surface area contributed by atoms with E-state index in [0.717, 1.165) is 18.4 Å². The number of rotatable bonds is 3. The number of aliphatic imine (C=N–C) groups is 1. The van der Waals surface area contributed by atoms with Crippen LogP contribution in [0.15, 0.2) is 23.2 Å². The number of hydrogen-bond acceptors (Lipinski definition) is 3. The van der Waals surface area contributed by atoms with Gasteiger partial charge in [-0.05, 0) is 12.0 Å². The summed E-state index contributed by atoms with van der Waals surface area (Å²) in [5.74, 6) is 0.255. The van der Waals surface area contributed by atoms with Crippen molar-refractivity contribution in [3.05, 3.63) is 33.9 Å². The van der Waals surface area contributed by atoms with Gasteiger partial charge in [0.2, 0.25) is 0 Å². The second-order valence-corrected chi connectivity index (χ2v) is 3.65. The standard InChI is InChI=1S/C11H12N2O2/c1-2-4-8-7-12-11-9(8)5-3-6-10(11)13(14)15/h3,5-8H,2,4H2,1H3. The van der Waals surface area contributed by atoms with Crippen LogP contribution >= 0.6 is 0 Å². The molecule has 2 rings (SSSR count). The Balaban J connectivity index is 2.43. The Labute approximate surface area is 87.8 Å². The van der Waals surface area contributed by atoms with E-state index in [0.29, 0.717) is 5.69 Å². The van der Waals surface area contributed by atoms with Crippen molar-refractivity contribution in [1.29, 1.82) is 0 Å². The topological polar surface area (TPSA) is 55.5 Å². The molecule has 1 heterocycles. The highest BCUT2D eigenvalue weighted by Gasteiger charge is 2.25. The molecule has 1 aromatic rings. The molecule has 0 amide bonds. The van der Waals surface area contributed by atoms with Gasteiger partial charge < -0.3 is 0 Å². The van der Waals surface area contributed by atoms with E-state index >= 15 is 0 Å². The van der Waals surface area contributed by atoms with E-state index in [4.69, 9.17) is 0 Å². The molecular formula is C11H12N2O2. The summed E-state index contributed by atoms with van der Waals surface area (Å²) in [7, 11) is 0. The van der Waals surface area contributed by atoms with E-state index in [1.54, 1.807) is 6.07 Å². The lowest BCUT2D eigenvalue weighted by molar-refractivity contribution is -0.384. The average molecular weight is 204 g/mol. The van der Waals surface area contributed by atoms with Gasteiger partial charge in [-0.3, -0.25) is 15.1 Å². The first-order valence-corrected chi connectivity index (χ1v) is 5.05. The molecule has 1 aliphatic heterocycles. The van der Waals surface area contributed by atoms with Crippen molar-refractivity contribution in [2.75, 3.05) is 0 Å². The average Bonchev–Trinajstić information content (AvgIpc) is 2.62. The van der Waals surface area contributed by atoms with Crippen molar-refractivity contribution < 1.29 is 4.92 Å². The summed E-state index contributed by atoms with van der Waals surface area (Å²) in [5.41, 5.74) is 1.65. The van der Waals surface area contributed by atoms with Crippen LogP contribution in [-0.2, 0) is 0 Å². The minimum atomic E-state index is -0.371. The number of nitro groups is 1. The van der Waals surface area contributed by atoms with Gasteiger partial charge in [0.15, 0.2) is 0 Å². The SMILES string of the molecule is CCCC1C=Nc2c1cccc2[N+](=O)[O-]. The van der Waals surface area contributed by atoms with Crippen LogP contribution in [0, 0.1) is 10.1 Å². The fraction of sp³-hybridized carbons (Fsp3) is 0.364. The van der Waals surface area contributed by atoms with Gasteiger partial charge in [-0.15, -0.1) is 0 Å². The molecule has 0 radical (unpaired) electrons. The number of nitrogens with zero attached hydrogens (tertiary/aromatic N) is 2. The Morgan fingerprint density at radius 1 is 1.53 bits per heavy atom.